The third kappa shape index (κ3) is 3.53. The highest BCUT2D eigenvalue weighted by Crippen LogP contribution is 2.24. The first-order valence-electron chi connectivity index (χ1n) is 8.12. The van der Waals surface area contributed by atoms with Crippen LogP contribution in [0.5, 0.6) is 0 Å². The largest absolute Gasteiger partial charge is 0.481 e. The van der Waals surface area contributed by atoms with E-state index in [1.165, 1.54) is 18.3 Å². The normalized spacial score (nSPS) is 17.9. The molecule has 0 bridgehead atoms. The zero-order valence-electron chi connectivity index (χ0n) is 13.2. The van der Waals surface area contributed by atoms with Crippen LogP contribution in [0.15, 0.2) is 30.5 Å². The molecule has 5 nitrogen and oxygen atoms in total. The lowest BCUT2D eigenvalue weighted by Gasteiger charge is -2.35. The number of carboxylic acids is 1. The molecule has 1 aromatic heterocycles. The van der Waals surface area contributed by atoms with Gasteiger partial charge in [0.15, 0.2) is 0 Å². The van der Waals surface area contributed by atoms with Gasteiger partial charge in [-0.05, 0) is 49.9 Å². The Bertz CT molecular complexity index is 778. The van der Waals surface area contributed by atoms with Gasteiger partial charge in [0.25, 0.3) is 5.91 Å². The van der Waals surface area contributed by atoms with Crippen LogP contribution >= 0.6 is 0 Å². The van der Waals surface area contributed by atoms with Crippen LogP contribution in [0.2, 0.25) is 0 Å². The fraction of sp³-hybridized carbons (Fsp3) is 0.389. The fourth-order valence-corrected chi connectivity index (χ4v) is 3.24. The summed E-state index contributed by atoms with van der Waals surface area (Å²) in [5, 5.41) is 9.46. The van der Waals surface area contributed by atoms with Gasteiger partial charge in [-0.3, -0.25) is 14.6 Å². The second-order valence-corrected chi connectivity index (χ2v) is 6.14. The Morgan fingerprint density at radius 1 is 1.29 bits per heavy atom. The van der Waals surface area contributed by atoms with Gasteiger partial charge < -0.3 is 10.0 Å². The number of pyridine rings is 1. The molecule has 3 rings (SSSR count). The number of aliphatic carboxylic acids is 1. The second-order valence-electron chi connectivity index (χ2n) is 6.14. The zero-order valence-corrected chi connectivity index (χ0v) is 13.2. The first-order valence-corrected chi connectivity index (χ1v) is 8.12. The predicted octanol–water partition coefficient (Wildman–Crippen LogP) is 3.23. The molecule has 1 aliphatic heterocycles. The molecule has 2 heterocycles. The number of hydrogen-bond acceptors (Lipinski definition) is 3. The number of hydrogen-bond donors (Lipinski definition) is 1. The van der Waals surface area contributed by atoms with Crippen LogP contribution < -0.4 is 0 Å². The van der Waals surface area contributed by atoms with Crippen LogP contribution in [-0.2, 0) is 4.79 Å². The van der Waals surface area contributed by atoms with Crippen molar-refractivity contribution in [3.63, 3.8) is 0 Å². The third-order valence-corrected chi connectivity index (χ3v) is 4.47. The summed E-state index contributed by atoms with van der Waals surface area (Å²) in [7, 11) is 0. The lowest BCUT2D eigenvalue weighted by Crippen LogP contribution is -2.44. The number of carbonyl (C=O) groups is 2. The van der Waals surface area contributed by atoms with E-state index in [0.29, 0.717) is 29.4 Å². The van der Waals surface area contributed by atoms with Crippen LogP contribution in [0.25, 0.3) is 10.9 Å². The maximum absolute atomic E-state index is 13.4. The van der Waals surface area contributed by atoms with Gasteiger partial charge >= 0.3 is 5.97 Å². The number of rotatable bonds is 4. The van der Waals surface area contributed by atoms with Gasteiger partial charge in [0.1, 0.15) is 5.82 Å². The SMILES string of the molecule is O=C(O)CCC1CCCCN1C(=O)c1cnc2ccc(F)cc2c1. The van der Waals surface area contributed by atoms with E-state index in [1.54, 1.807) is 17.0 Å². The molecule has 1 saturated heterocycles. The Kier molecular flexibility index (Phi) is 4.74. The molecule has 24 heavy (non-hydrogen) atoms. The Hall–Kier alpha value is -2.50. The topological polar surface area (TPSA) is 70.5 Å². The Morgan fingerprint density at radius 2 is 2.12 bits per heavy atom. The second kappa shape index (κ2) is 6.95. The van der Waals surface area contributed by atoms with Crippen molar-refractivity contribution < 1.29 is 19.1 Å². The first-order chi connectivity index (χ1) is 11.5. The van der Waals surface area contributed by atoms with E-state index in [1.807, 2.05) is 0 Å². The zero-order chi connectivity index (χ0) is 17.1. The molecular formula is C18H19FN2O3. The molecule has 6 heteroatoms. The van der Waals surface area contributed by atoms with Crippen LogP contribution in [0.3, 0.4) is 0 Å². The summed E-state index contributed by atoms with van der Waals surface area (Å²) in [4.78, 5) is 29.6. The number of fused-ring (bicyclic) bond motifs is 1. The van der Waals surface area contributed by atoms with E-state index < -0.39 is 5.97 Å². The molecule has 1 N–H and O–H groups in total. The molecule has 1 unspecified atom stereocenters. The molecule has 0 radical (unpaired) electrons. The summed E-state index contributed by atoms with van der Waals surface area (Å²) >= 11 is 0. The Labute approximate surface area is 139 Å². The maximum Gasteiger partial charge on any atom is 0.303 e. The summed E-state index contributed by atoms with van der Waals surface area (Å²) in [6.45, 7) is 0.615. The number of likely N-dealkylation sites (tertiary alicyclic amines) is 1. The van der Waals surface area contributed by atoms with Gasteiger partial charge in [0.05, 0.1) is 11.1 Å². The minimum Gasteiger partial charge on any atom is -0.481 e. The van der Waals surface area contributed by atoms with Crippen LogP contribution in [0.4, 0.5) is 4.39 Å². The number of benzene rings is 1. The van der Waals surface area contributed by atoms with E-state index in [0.717, 1.165) is 19.3 Å². The van der Waals surface area contributed by atoms with Gasteiger partial charge in [-0.2, -0.15) is 0 Å². The van der Waals surface area contributed by atoms with E-state index in [-0.39, 0.29) is 24.2 Å². The van der Waals surface area contributed by atoms with Gasteiger partial charge in [0.2, 0.25) is 0 Å². The highest BCUT2D eigenvalue weighted by Gasteiger charge is 2.28. The number of halogens is 1. The number of carboxylic acid groups (broad SMARTS) is 1. The van der Waals surface area contributed by atoms with Gasteiger partial charge in [-0.1, -0.05) is 0 Å². The lowest BCUT2D eigenvalue weighted by atomic mass is 9.97. The minimum absolute atomic E-state index is 0.0512. The molecule has 2 aromatic rings. The summed E-state index contributed by atoms with van der Waals surface area (Å²) in [5.41, 5.74) is 1.05. The van der Waals surface area contributed by atoms with Crippen LogP contribution in [0.1, 0.15) is 42.5 Å². The quantitative estimate of drug-likeness (QED) is 0.934. The average molecular weight is 330 g/mol. The number of amides is 1. The van der Waals surface area contributed by atoms with Crippen molar-refractivity contribution in [2.24, 2.45) is 0 Å². The number of piperidine rings is 1. The Balaban J connectivity index is 1.84. The van der Waals surface area contributed by atoms with Gasteiger partial charge in [-0.15, -0.1) is 0 Å². The van der Waals surface area contributed by atoms with Gasteiger partial charge in [0, 0.05) is 30.6 Å². The number of aromatic nitrogens is 1. The van der Waals surface area contributed by atoms with Crippen molar-refractivity contribution in [2.45, 2.75) is 38.1 Å². The summed E-state index contributed by atoms with van der Waals surface area (Å²) < 4.78 is 13.4. The van der Waals surface area contributed by atoms with Crippen molar-refractivity contribution in [2.75, 3.05) is 6.54 Å². The van der Waals surface area contributed by atoms with Crippen molar-refractivity contribution in [3.8, 4) is 0 Å². The third-order valence-electron chi connectivity index (χ3n) is 4.47. The molecule has 1 amide bonds. The molecule has 0 spiro atoms. The molecule has 0 aliphatic carbocycles. The standard InChI is InChI=1S/C18H19FN2O3/c19-14-4-6-16-12(10-14)9-13(11-20-16)18(24)21-8-2-1-3-15(21)5-7-17(22)23/h4,6,9-11,15H,1-3,5,7-8H2,(H,22,23). The number of carbonyl (C=O) groups excluding carboxylic acids is 1. The van der Waals surface area contributed by atoms with Gasteiger partial charge in [-0.25, -0.2) is 4.39 Å². The molecule has 1 fully saturated rings. The summed E-state index contributed by atoms with van der Waals surface area (Å²) in [5.74, 6) is -1.38. The summed E-state index contributed by atoms with van der Waals surface area (Å²) in [6, 6.07) is 5.86. The lowest BCUT2D eigenvalue weighted by molar-refractivity contribution is -0.137. The van der Waals surface area contributed by atoms with Crippen molar-refractivity contribution >= 4 is 22.8 Å². The van der Waals surface area contributed by atoms with Crippen molar-refractivity contribution in [1.82, 2.24) is 9.88 Å². The summed E-state index contributed by atoms with van der Waals surface area (Å²) in [6.07, 6.45) is 4.73. The van der Waals surface area contributed by atoms with Crippen LogP contribution in [-0.4, -0.2) is 39.5 Å². The van der Waals surface area contributed by atoms with Crippen LogP contribution in [0, 0.1) is 5.82 Å². The molecule has 1 aliphatic rings. The smallest absolute Gasteiger partial charge is 0.303 e. The molecule has 1 atom stereocenters. The molecule has 1 aromatic carbocycles. The van der Waals surface area contributed by atoms with E-state index in [4.69, 9.17) is 5.11 Å². The van der Waals surface area contributed by atoms with Crippen molar-refractivity contribution in [3.05, 3.63) is 41.8 Å². The van der Waals surface area contributed by atoms with E-state index in [9.17, 15) is 14.0 Å². The predicted molar refractivity (Wildman–Crippen MR) is 87.2 cm³/mol. The van der Waals surface area contributed by atoms with E-state index >= 15 is 0 Å². The maximum atomic E-state index is 13.4. The monoisotopic (exact) mass is 330 g/mol. The molecule has 0 saturated carbocycles. The Morgan fingerprint density at radius 3 is 2.92 bits per heavy atom. The molecule has 126 valence electrons. The van der Waals surface area contributed by atoms with E-state index in [2.05, 4.69) is 4.98 Å². The highest BCUT2D eigenvalue weighted by atomic mass is 19.1. The van der Waals surface area contributed by atoms with Crippen molar-refractivity contribution in [1.29, 1.82) is 0 Å². The minimum atomic E-state index is -0.851. The fourth-order valence-electron chi connectivity index (χ4n) is 3.24. The average Bonchev–Trinajstić information content (AvgIpc) is 2.59. The number of nitrogens with zero attached hydrogens (tertiary/aromatic N) is 2. The highest BCUT2D eigenvalue weighted by molar-refractivity contribution is 5.97. The first kappa shape index (κ1) is 16.4. The molecular weight excluding hydrogens is 311 g/mol.